The molecule has 206 valence electrons. The number of benzene rings is 3. The lowest BCUT2D eigenvalue weighted by Crippen LogP contribution is -2.61. The molecule has 1 fully saturated rings. The lowest BCUT2D eigenvalue weighted by molar-refractivity contribution is -0.128. The van der Waals surface area contributed by atoms with Crippen LogP contribution in [0.4, 0.5) is 8.78 Å². The number of thioether (sulfide) groups is 1. The average molecular weight is 584 g/mol. The molecule has 0 aromatic heterocycles. The van der Waals surface area contributed by atoms with Gasteiger partial charge in [-0.3, -0.25) is 9.59 Å². The summed E-state index contributed by atoms with van der Waals surface area (Å²) in [6, 6.07) is 15.4. The summed E-state index contributed by atoms with van der Waals surface area (Å²) in [6.45, 7) is 1.19. The minimum Gasteiger partial charge on any atom is -0.478 e. The second-order valence-corrected chi connectivity index (χ2v) is 11.1. The van der Waals surface area contributed by atoms with Gasteiger partial charge in [0.2, 0.25) is 0 Å². The number of carboxylic acids is 1. The quantitative estimate of drug-likeness (QED) is 0.336. The zero-order valence-corrected chi connectivity index (χ0v) is 22.8. The summed E-state index contributed by atoms with van der Waals surface area (Å²) in [5.41, 5.74) is -3.06. The number of rotatable bonds is 7. The maximum atomic E-state index is 15.0. The second-order valence-electron chi connectivity index (χ2n) is 9.51. The van der Waals surface area contributed by atoms with Gasteiger partial charge in [-0.25, -0.2) is 13.6 Å². The lowest BCUT2D eigenvalue weighted by atomic mass is 9.86. The van der Waals surface area contributed by atoms with Gasteiger partial charge in [-0.1, -0.05) is 29.8 Å². The van der Waals surface area contributed by atoms with Gasteiger partial charge in [0.1, 0.15) is 22.7 Å². The maximum Gasteiger partial charge on any atom is 0.335 e. The monoisotopic (exact) mass is 583 g/mol. The van der Waals surface area contributed by atoms with Gasteiger partial charge in [0.05, 0.1) is 17.2 Å². The summed E-state index contributed by atoms with van der Waals surface area (Å²) in [4.78, 5) is 38.4. The van der Waals surface area contributed by atoms with E-state index in [1.165, 1.54) is 49.4 Å². The Labute approximate surface area is 238 Å². The predicted octanol–water partition coefficient (Wildman–Crippen LogP) is 5.53. The number of amides is 2. The number of nitrogens with one attached hydrogen (secondary N) is 2. The number of carboxylic acid groups (broad SMARTS) is 1. The molecular formula is C29H24ClF2N3O4S. The first-order valence-corrected chi connectivity index (χ1v) is 13.7. The van der Waals surface area contributed by atoms with Crippen LogP contribution in [-0.2, 0) is 10.3 Å². The molecule has 1 aliphatic heterocycles. The van der Waals surface area contributed by atoms with Crippen molar-refractivity contribution < 1.29 is 28.3 Å². The molecule has 1 aliphatic rings. The molecule has 40 heavy (non-hydrogen) atoms. The third-order valence-electron chi connectivity index (χ3n) is 6.86. The highest BCUT2D eigenvalue weighted by molar-refractivity contribution is 7.99. The molecule has 0 unspecified atom stereocenters. The van der Waals surface area contributed by atoms with Gasteiger partial charge in [-0.2, -0.15) is 17.0 Å². The van der Waals surface area contributed by atoms with Crippen LogP contribution >= 0.6 is 23.4 Å². The van der Waals surface area contributed by atoms with E-state index in [0.717, 1.165) is 18.2 Å². The van der Waals surface area contributed by atoms with Crippen LogP contribution in [0.2, 0.25) is 5.02 Å². The maximum absolute atomic E-state index is 15.0. The Morgan fingerprint density at radius 1 is 1.02 bits per heavy atom. The first-order chi connectivity index (χ1) is 19.0. The molecule has 1 saturated heterocycles. The van der Waals surface area contributed by atoms with Crippen molar-refractivity contribution in [1.82, 2.24) is 10.6 Å². The topological polar surface area (TPSA) is 119 Å². The molecule has 3 aromatic rings. The molecule has 1 atom stereocenters. The minimum absolute atomic E-state index is 0.0293. The van der Waals surface area contributed by atoms with Crippen molar-refractivity contribution in [3.8, 4) is 17.2 Å². The fraction of sp³-hybridized carbons (Fsp3) is 0.241. The van der Waals surface area contributed by atoms with Crippen LogP contribution in [0.5, 0.6) is 0 Å². The van der Waals surface area contributed by atoms with Gasteiger partial charge in [0.15, 0.2) is 0 Å². The molecule has 4 rings (SSSR count). The average Bonchev–Trinajstić information content (AvgIpc) is 2.93. The van der Waals surface area contributed by atoms with E-state index < -0.39 is 46.1 Å². The van der Waals surface area contributed by atoms with Crippen LogP contribution in [0, 0.1) is 23.0 Å². The first kappa shape index (κ1) is 29.1. The van der Waals surface area contributed by atoms with Crippen molar-refractivity contribution in [2.45, 2.75) is 30.8 Å². The van der Waals surface area contributed by atoms with Crippen molar-refractivity contribution in [3.05, 3.63) is 94.0 Å². The highest BCUT2D eigenvalue weighted by Crippen LogP contribution is 2.33. The summed E-state index contributed by atoms with van der Waals surface area (Å²) in [7, 11) is 0. The van der Waals surface area contributed by atoms with E-state index in [-0.39, 0.29) is 11.1 Å². The van der Waals surface area contributed by atoms with E-state index in [2.05, 4.69) is 16.7 Å². The molecule has 0 saturated carbocycles. The van der Waals surface area contributed by atoms with E-state index in [1.54, 1.807) is 11.8 Å². The van der Waals surface area contributed by atoms with Gasteiger partial charge < -0.3 is 15.7 Å². The van der Waals surface area contributed by atoms with E-state index in [4.69, 9.17) is 11.6 Å². The molecular weight excluding hydrogens is 560 g/mol. The SMILES string of the molecule is C[C@@](NC(=O)c1ccc(-c2cc(C(=O)O)ccc2Cl)cc1)(C(=O)NC1(C#N)CCSCC1)c1c(F)cccc1F. The summed E-state index contributed by atoms with van der Waals surface area (Å²) in [5.74, 6) is -3.68. The van der Waals surface area contributed by atoms with E-state index in [9.17, 15) is 33.5 Å². The van der Waals surface area contributed by atoms with Crippen LogP contribution in [0.15, 0.2) is 60.7 Å². The zero-order chi connectivity index (χ0) is 29.1. The highest BCUT2D eigenvalue weighted by Gasteiger charge is 2.45. The molecule has 3 aromatic carbocycles. The van der Waals surface area contributed by atoms with Crippen LogP contribution in [-0.4, -0.2) is 39.9 Å². The molecule has 7 nitrogen and oxygen atoms in total. The largest absolute Gasteiger partial charge is 0.478 e. The standard InChI is InChI=1S/C29H24ClF2N3O4S/c1-28(24-22(31)3-2-4-23(24)32,27(39)35-29(16-33)11-13-40-14-12-29)34-25(36)18-7-5-17(6-8-18)20-15-19(26(37)38)9-10-21(20)30/h2-10,15H,11-14H2,1H3,(H,34,36)(H,35,39)(H,37,38)/t28-/m0/s1. The third kappa shape index (κ3) is 5.81. The normalized spacial score (nSPS) is 15.8. The van der Waals surface area contributed by atoms with Crippen molar-refractivity contribution in [2.24, 2.45) is 0 Å². The Balaban J connectivity index is 1.67. The Bertz CT molecular complexity index is 1500. The minimum atomic E-state index is -2.21. The Morgan fingerprint density at radius 3 is 2.20 bits per heavy atom. The van der Waals surface area contributed by atoms with Gasteiger partial charge >= 0.3 is 5.97 Å². The summed E-state index contributed by atoms with van der Waals surface area (Å²) < 4.78 is 30.0. The number of hydrogen-bond acceptors (Lipinski definition) is 5. The van der Waals surface area contributed by atoms with Crippen LogP contribution in [0.1, 0.15) is 46.0 Å². The number of carbonyl (C=O) groups excluding carboxylic acids is 2. The Kier molecular flexibility index (Phi) is 8.47. The Morgan fingerprint density at radius 2 is 1.62 bits per heavy atom. The van der Waals surface area contributed by atoms with Crippen molar-refractivity contribution in [3.63, 3.8) is 0 Å². The number of nitrogens with zero attached hydrogens (tertiary/aromatic N) is 1. The van der Waals surface area contributed by atoms with Crippen LogP contribution in [0.3, 0.4) is 0 Å². The highest BCUT2D eigenvalue weighted by atomic mass is 35.5. The van der Waals surface area contributed by atoms with E-state index in [0.29, 0.717) is 40.5 Å². The molecule has 2 amide bonds. The first-order valence-electron chi connectivity index (χ1n) is 12.2. The smallest absolute Gasteiger partial charge is 0.335 e. The van der Waals surface area contributed by atoms with Crippen LogP contribution < -0.4 is 10.6 Å². The molecule has 0 radical (unpaired) electrons. The van der Waals surface area contributed by atoms with Crippen molar-refractivity contribution >= 4 is 41.1 Å². The number of aromatic carboxylic acids is 1. The lowest BCUT2D eigenvalue weighted by Gasteiger charge is -2.37. The summed E-state index contributed by atoms with van der Waals surface area (Å²) in [6.07, 6.45) is 0.688. The van der Waals surface area contributed by atoms with Crippen molar-refractivity contribution in [1.29, 1.82) is 5.26 Å². The molecule has 0 aliphatic carbocycles. The van der Waals surface area contributed by atoms with E-state index in [1.807, 2.05) is 0 Å². The van der Waals surface area contributed by atoms with Gasteiger partial charge in [0.25, 0.3) is 11.8 Å². The number of carbonyl (C=O) groups is 3. The molecule has 0 spiro atoms. The van der Waals surface area contributed by atoms with Crippen molar-refractivity contribution in [2.75, 3.05) is 11.5 Å². The van der Waals surface area contributed by atoms with Gasteiger partial charge in [-0.05, 0) is 79.3 Å². The number of nitriles is 1. The summed E-state index contributed by atoms with van der Waals surface area (Å²) in [5, 5.41) is 24.6. The molecule has 3 N–H and O–H groups in total. The second kappa shape index (κ2) is 11.7. The van der Waals surface area contributed by atoms with Gasteiger partial charge in [0, 0.05) is 16.1 Å². The number of halogens is 3. The molecule has 1 heterocycles. The van der Waals surface area contributed by atoms with E-state index >= 15 is 0 Å². The zero-order valence-electron chi connectivity index (χ0n) is 21.3. The fourth-order valence-electron chi connectivity index (χ4n) is 4.52. The number of hydrogen-bond donors (Lipinski definition) is 3. The predicted molar refractivity (Wildman–Crippen MR) is 148 cm³/mol. The fourth-order valence-corrected chi connectivity index (χ4v) is 5.93. The summed E-state index contributed by atoms with van der Waals surface area (Å²) >= 11 is 7.88. The van der Waals surface area contributed by atoms with Gasteiger partial charge in [-0.15, -0.1) is 0 Å². The molecule has 0 bridgehead atoms. The third-order valence-corrected chi connectivity index (χ3v) is 8.18. The molecule has 11 heteroatoms. The Hall–Kier alpha value is -3.94. The van der Waals surface area contributed by atoms with Crippen LogP contribution in [0.25, 0.3) is 11.1 Å².